The third-order valence-corrected chi connectivity index (χ3v) is 3.20. The van der Waals surface area contributed by atoms with Gasteiger partial charge in [0.2, 0.25) is 0 Å². The van der Waals surface area contributed by atoms with Crippen LogP contribution in [0.5, 0.6) is 0 Å². The molecule has 0 amide bonds. The Morgan fingerprint density at radius 1 is 1.05 bits per heavy atom. The van der Waals surface area contributed by atoms with Gasteiger partial charge in [0.15, 0.2) is 0 Å². The van der Waals surface area contributed by atoms with Crippen LogP contribution in [-0.4, -0.2) is 6.54 Å². The Hall–Kier alpha value is -2.55. The van der Waals surface area contributed by atoms with E-state index in [1.54, 1.807) is 6.07 Å². The van der Waals surface area contributed by atoms with Gasteiger partial charge in [0.25, 0.3) is 0 Å². The molecule has 2 aromatic carbocycles. The second-order valence-corrected chi connectivity index (χ2v) is 4.60. The molecule has 0 fully saturated rings. The summed E-state index contributed by atoms with van der Waals surface area (Å²) < 4.78 is 5.37. The van der Waals surface area contributed by atoms with Gasteiger partial charge in [-0.2, -0.15) is 0 Å². The number of hydrogen-bond donors (Lipinski definition) is 1. The fraction of sp³-hybridized carbons (Fsp3) is 0.118. The second-order valence-electron chi connectivity index (χ2n) is 4.60. The summed E-state index contributed by atoms with van der Waals surface area (Å²) >= 11 is 0. The predicted molar refractivity (Wildman–Crippen MR) is 82.1 cm³/mol. The molecule has 3 nitrogen and oxygen atoms in total. The summed E-state index contributed by atoms with van der Waals surface area (Å²) in [6.07, 6.45) is 0. The maximum Gasteiger partial charge on any atom is 0.344 e. The van der Waals surface area contributed by atoms with E-state index in [-0.39, 0.29) is 5.63 Å². The van der Waals surface area contributed by atoms with Crippen LogP contribution in [0.3, 0.4) is 0 Å². The van der Waals surface area contributed by atoms with Crippen molar-refractivity contribution < 1.29 is 4.42 Å². The quantitative estimate of drug-likeness (QED) is 0.730. The van der Waals surface area contributed by atoms with Crippen molar-refractivity contribution in [2.75, 3.05) is 11.9 Å². The summed E-state index contributed by atoms with van der Waals surface area (Å²) in [5, 5.41) is 4.17. The van der Waals surface area contributed by atoms with Crippen molar-refractivity contribution in [3.05, 3.63) is 65.0 Å². The number of anilines is 1. The molecule has 3 rings (SSSR count). The van der Waals surface area contributed by atoms with Gasteiger partial charge in [-0.1, -0.05) is 30.3 Å². The van der Waals surface area contributed by atoms with Crippen LogP contribution >= 0.6 is 0 Å². The predicted octanol–water partition coefficient (Wildman–Crippen LogP) is 3.89. The van der Waals surface area contributed by atoms with Crippen LogP contribution in [0.4, 0.5) is 5.69 Å². The van der Waals surface area contributed by atoms with Crippen LogP contribution in [0.25, 0.3) is 22.1 Å². The van der Waals surface area contributed by atoms with E-state index in [2.05, 4.69) is 5.32 Å². The average Bonchev–Trinajstić information content (AvgIpc) is 2.47. The zero-order valence-electron chi connectivity index (χ0n) is 11.2. The van der Waals surface area contributed by atoms with Crippen molar-refractivity contribution in [3.63, 3.8) is 0 Å². The minimum atomic E-state index is -0.308. The van der Waals surface area contributed by atoms with E-state index in [4.69, 9.17) is 4.42 Å². The Labute approximate surface area is 116 Å². The minimum Gasteiger partial charge on any atom is -0.422 e. The molecule has 0 aliphatic carbocycles. The molecule has 0 spiro atoms. The standard InChI is InChI=1S/C17H15NO2/c1-2-18-14-8-5-7-12(10-14)15-11-13-6-3-4-9-16(13)20-17(15)19/h3-11,18H,2H2,1H3. The number of benzene rings is 2. The van der Waals surface area contributed by atoms with E-state index in [1.807, 2.05) is 55.5 Å². The molecule has 1 aromatic heterocycles. The molecular formula is C17H15NO2. The topological polar surface area (TPSA) is 42.2 Å². The van der Waals surface area contributed by atoms with Crippen LogP contribution in [0.2, 0.25) is 0 Å². The maximum absolute atomic E-state index is 12.1. The molecule has 0 atom stereocenters. The van der Waals surface area contributed by atoms with Gasteiger partial charge in [-0.25, -0.2) is 4.79 Å². The van der Waals surface area contributed by atoms with E-state index < -0.39 is 0 Å². The summed E-state index contributed by atoms with van der Waals surface area (Å²) in [6.45, 7) is 2.88. The fourth-order valence-electron chi connectivity index (χ4n) is 2.26. The Balaban J connectivity index is 2.16. The van der Waals surface area contributed by atoms with Gasteiger partial charge in [-0.15, -0.1) is 0 Å². The molecule has 20 heavy (non-hydrogen) atoms. The lowest BCUT2D eigenvalue weighted by molar-refractivity contribution is 0.563. The number of rotatable bonds is 3. The highest BCUT2D eigenvalue weighted by Gasteiger charge is 2.07. The zero-order valence-corrected chi connectivity index (χ0v) is 11.2. The lowest BCUT2D eigenvalue weighted by atomic mass is 10.1. The molecule has 0 aliphatic rings. The highest BCUT2D eigenvalue weighted by Crippen LogP contribution is 2.23. The van der Waals surface area contributed by atoms with Gasteiger partial charge in [0, 0.05) is 17.6 Å². The first-order valence-electron chi connectivity index (χ1n) is 6.65. The average molecular weight is 265 g/mol. The van der Waals surface area contributed by atoms with Crippen LogP contribution in [0.15, 0.2) is 63.8 Å². The van der Waals surface area contributed by atoms with E-state index in [9.17, 15) is 4.79 Å². The lowest BCUT2D eigenvalue weighted by Gasteiger charge is -2.06. The summed E-state index contributed by atoms with van der Waals surface area (Å²) in [7, 11) is 0. The van der Waals surface area contributed by atoms with Gasteiger partial charge < -0.3 is 9.73 Å². The lowest BCUT2D eigenvalue weighted by Crippen LogP contribution is -2.03. The maximum atomic E-state index is 12.1. The zero-order chi connectivity index (χ0) is 13.9. The third kappa shape index (κ3) is 2.30. The van der Waals surface area contributed by atoms with Crippen molar-refractivity contribution in [3.8, 4) is 11.1 Å². The van der Waals surface area contributed by atoms with Crippen molar-refractivity contribution >= 4 is 16.7 Å². The molecule has 100 valence electrons. The monoisotopic (exact) mass is 265 g/mol. The Bertz CT molecular complexity index is 805. The molecular weight excluding hydrogens is 250 g/mol. The van der Waals surface area contributed by atoms with E-state index in [1.165, 1.54) is 0 Å². The molecule has 3 aromatic rings. The molecule has 0 unspecified atom stereocenters. The van der Waals surface area contributed by atoms with Crippen molar-refractivity contribution in [2.24, 2.45) is 0 Å². The van der Waals surface area contributed by atoms with Crippen molar-refractivity contribution in [1.29, 1.82) is 0 Å². The molecule has 1 N–H and O–H groups in total. The molecule has 0 aliphatic heterocycles. The highest BCUT2D eigenvalue weighted by molar-refractivity contribution is 5.82. The first-order chi connectivity index (χ1) is 9.78. The summed E-state index contributed by atoms with van der Waals surface area (Å²) in [6, 6.07) is 17.2. The third-order valence-electron chi connectivity index (χ3n) is 3.20. The fourth-order valence-corrected chi connectivity index (χ4v) is 2.26. The highest BCUT2D eigenvalue weighted by atomic mass is 16.4. The van der Waals surface area contributed by atoms with Crippen molar-refractivity contribution in [1.82, 2.24) is 0 Å². The largest absolute Gasteiger partial charge is 0.422 e. The SMILES string of the molecule is CCNc1cccc(-c2cc3ccccc3oc2=O)c1. The van der Waals surface area contributed by atoms with Crippen molar-refractivity contribution in [2.45, 2.75) is 6.92 Å². The molecule has 3 heteroatoms. The van der Waals surface area contributed by atoms with E-state index in [0.29, 0.717) is 11.1 Å². The van der Waals surface area contributed by atoms with Crippen LogP contribution in [0.1, 0.15) is 6.92 Å². The number of nitrogens with one attached hydrogen (secondary N) is 1. The van der Waals surface area contributed by atoms with E-state index >= 15 is 0 Å². The Morgan fingerprint density at radius 3 is 2.75 bits per heavy atom. The minimum absolute atomic E-state index is 0.308. The molecule has 1 heterocycles. The molecule has 0 saturated heterocycles. The van der Waals surface area contributed by atoms with E-state index in [0.717, 1.165) is 23.2 Å². The summed E-state index contributed by atoms with van der Waals surface area (Å²) in [5.41, 5.74) is 2.76. The number of hydrogen-bond acceptors (Lipinski definition) is 3. The van der Waals surface area contributed by atoms with Gasteiger partial charge in [-0.3, -0.25) is 0 Å². The van der Waals surface area contributed by atoms with Gasteiger partial charge in [0.05, 0.1) is 5.56 Å². The number of para-hydroxylation sites is 1. The molecule has 0 saturated carbocycles. The van der Waals surface area contributed by atoms with Crippen LogP contribution in [-0.2, 0) is 0 Å². The first kappa shape index (κ1) is 12.5. The molecule has 0 bridgehead atoms. The van der Waals surface area contributed by atoms with Gasteiger partial charge in [0.1, 0.15) is 5.58 Å². The normalized spacial score (nSPS) is 10.7. The Morgan fingerprint density at radius 2 is 1.90 bits per heavy atom. The first-order valence-corrected chi connectivity index (χ1v) is 6.65. The molecule has 0 radical (unpaired) electrons. The van der Waals surface area contributed by atoms with Crippen LogP contribution < -0.4 is 10.9 Å². The van der Waals surface area contributed by atoms with Gasteiger partial charge in [-0.05, 0) is 36.8 Å². The Kier molecular flexibility index (Phi) is 3.25. The van der Waals surface area contributed by atoms with Crippen LogP contribution in [0, 0.1) is 0 Å². The van der Waals surface area contributed by atoms with Gasteiger partial charge >= 0.3 is 5.63 Å². The smallest absolute Gasteiger partial charge is 0.344 e. The number of fused-ring (bicyclic) bond motifs is 1. The summed E-state index contributed by atoms with van der Waals surface area (Å²) in [4.78, 5) is 12.1. The second kappa shape index (κ2) is 5.21. The summed E-state index contributed by atoms with van der Waals surface area (Å²) in [5.74, 6) is 0.